The van der Waals surface area contributed by atoms with Crippen LogP contribution in [-0.4, -0.2) is 99.6 Å². The number of carbonyl (C=O) groups excluding carboxylic acids is 2. The van der Waals surface area contributed by atoms with Gasteiger partial charge in [-0.1, -0.05) is 276 Å². The van der Waals surface area contributed by atoms with E-state index in [4.69, 9.17) is 14.2 Å². The summed E-state index contributed by atoms with van der Waals surface area (Å²) >= 11 is 0. The Bertz CT molecular complexity index is 1310. The van der Waals surface area contributed by atoms with Gasteiger partial charge in [-0.3, -0.25) is 9.59 Å². The highest BCUT2D eigenvalue weighted by Gasteiger charge is 2.47. The predicted octanol–water partition coefficient (Wildman–Crippen LogP) is 15.3. The summed E-state index contributed by atoms with van der Waals surface area (Å²) in [6.07, 6.45) is 50.8. The Labute approximate surface area is 461 Å². The molecule has 0 bridgehead atoms. The van der Waals surface area contributed by atoms with E-state index in [1.165, 1.54) is 199 Å². The summed E-state index contributed by atoms with van der Waals surface area (Å²) in [5.41, 5.74) is 0. The molecule has 0 radical (unpaired) electrons. The number of aliphatic hydroxyl groups is 5. The van der Waals surface area contributed by atoms with Gasteiger partial charge in [-0.05, 0) is 51.4 Å². The minimum atomic E-state index is -1.61. The average Bonchev–Trinajstić information content (AvgIpc) is 3.41. The standard InChI is InChI=1S/C64H121NO10/c1-4-7-10-13-16-19-22-25-27-28-29-30-31-32-33-36-39-42-45-48-51-57(68)63(72)65-55(56(67)50-47-44-41-38-35-24-21-18-15-12-9-6-3)54-73-64-62(61(71)60(70)58(53-66)74-64)75-59(69)52-49-46-43-40-37-34-26-23-20-17-14-11-8-5-2/h34,37,47,50,55-58,60-62,64,66-68,70-71H,4-33,35-36,38-46,48-49,51-54H2,1-3H3,(H,65,72)/b37-34-,50-47+. The first-order chi connectivity index (χ1) is 36.7. The molecule has 1 aliphatic rings. The molecule has 75 heavy (non-hydrogen) atoms. The van der Waals surface area contributed by atoms with E-state index < -0.39 is 67.4 Å². The maximum Gasteiger partial charge on any atom is 0.306 e. The third kappa shape index (κ3) is 40.9. The summed E-state index contributed by atoms with van der Waals surface area (Å²) in [5.74, 6) is -1.20. The molecule has 1 saturated heterocycles. The molecular weight excluding hydrogens is 943 g/mol. The van der Waals surface area contributed by atoms with Crippen LogP contribution in [0.5, 0.6) is 0 Å². The quantitative estimate of drug-likeness (QED) is 0.0195. The van der Waals surface area contributed by atoms with Crippen LogP contribution >= 0.6 is 0 Å². The SMILES string of the molecule is CCCCCCCCC/C=C\CCCCCC(=O)OC1C(OCC(NC(=O)C(O)CCCCCCCCCCCCCCCCCCCCCC)C(O)/C=C/CCCCCCCCCCCC)OC(CO)C(O)C1O. The summed E-state index contributed by atoms with van der Waals surface area (Å²) in [4.78, 5) is 26.5. The highest BCUT2D eigenvalue weighted by Crippen LogP contribution is 2.26. The Morgan fingerprint density at radius 1 is 0.507 bits per heavy atom. The molecule has 0 saturated carbocycles. The number of hydrogen-bond acceptors (Lipinski definition) is 10. The molecule has 442 valence electrons. The molecule has 0 spiro atoms. The van der Waals surface area contributed by atoms with Crippen LogP contribution < -0.4 is 5.32 Å². The summed E-state index contributed by atoms with van der Waals surface area (Å²) in [5, 5.41) is 57.0. The summed E-state index contributed by atoms with van der Waals surface area (Å²) < 4.78 is 17.6. The maximum absolute atomic E-state index is 13.4. The number of unbranched alkanes of at least 4 members (excludes halogenated alkanes) is 39. The number of aliphatic hydroxyl groups excluding tert-OH is 5. The van der Waals surface area contributed by atoms with Gasteiger partial charge in [0.25, 0.3) is 0 Å². The fourth-order valence-corrected chi connectivity index (χ4v) is 10.2. The van der Waals surface area contributed by atoms with Crippen molar-refractivity contribution in [3.8, 4) is 0 Å². The average molecular weight is 1060 g/mol. The van der Waals surface area contributed by atoms with Gasteiger partial charge in [-0.25, -0.2) is 0 Å². The number of nitrogens with one attached hydrogen (secondary N) is 1. The van der Waals surface area contributed by atoms with Crippen LogP contribution in [0.1, 0.15) is 310 Å². The Balaban J connectivity index is 2.65. The van der Waals surface area contributed by atoms with E-state index in [-0.39, 0.29) is 13.0 Å². The first-order valence-corrected chi connectivity index (χ1v) is 32.1. The van der Waals surface area contributed by atoms with Crippen molar-refractivity contribution in [3.05, 3.63) is 24.3 Å². The third-order valence-electron chi connectivity index (χ3n) is 15.4. The van der Waals surface area contributed by atoms with Crippen LogP contribution in [0.15, 0.2) is 24.3 Å². The minimum absolute atomic E-state index is 0.107. The molecule has 0 aromatic rings. The van der Waals surface area contributed by atoms with E-state index in [2.05, 4.69) is 38.2 Å². The van der Waals surface area contributed by atoms with Crippen molar-refractivity contribution in [3.63, 3.8) is 0 Å². The van der Waals surface area contributed by atoms with E-state index in [1.54, 1.807) is 6.08 Å². The largest absolute Gasteiger partial charge is 0.454 e. The fourth-order valence-electron chi connectivity index (χ4n) is 10.2. The molecule has 0 aromatic heterocycles. The molecule has 1 heterocycles. The Morgan fingerprint density at radius 2 is 0.880 bits per heavy atom. The zero-order valence-electron chi connectivity index (χ0n) is 48.9. The number of rotatable bonds is 55. The molecule has 1 aliphatic heterocycles. The van der Waals surface area contributed by atoms with Crippen molar-refractivity contribution in [2.75, 3.05) is 13.2 Å². The first kappa shape index (κ1) is 71.2. The first-order valence-electron chi connectivity index (χ1n) is 32.1. The Kier molecular flexibility index (Phi) is 50.1. The van der Waals surface area contributed by atoms with Gasteiger partial charge in [-0.2, -0.15) is 0 Å². The van der Waals surface area contributed by atoms with Crippen LogP contribution in [0.3, 0.4) is 0 Å². The normalized spacial score (nSPS) is 19.3. The van der Waals surface area contributed by atoms with Crippen molar-refractivity contribution < 1.29 is 49.3 Å². The van der Waals surface area contributed by atoms with Crippen LogP contribution in [-0.2, 0) is 23.8 Å². The lowest BCUT2D eigenvalue weighted by molar-refractivity contribution is -0.305. The minimum Gasteiger partial charge on any atom is -0.454 e. The van der Waals surface area contributed by atoms with Crippen LogP contribution in [0.4, 0.5) is 0 Å². The predicted molar refractivity (Wildman–Crippen MR) is 311 cm³/mol. The van der Waals surface area contributed by atoms with Crippen molar-refractivity contribution in [1.29, 1.82) is 0 Å². The van der Waals surface area contributed by atoms with Crippen molar-refractivity contribution in [1.82, 2.24) is 5.32 Å². The fraction of sp³-hybridized carbons (Fsp3) is 0.906. The van der Waals surface area contributed by atoms with Gasteiger partial charge in [-0.15, -0.1) is 0 Å². The smallest absolute Gasteiger partial charge is 0.306 e. The monoisotopic (exact) mass is 1060 g/mol. The molecule has 6 N–H and O–H groups in total. The molecule has 1 fully saturated rings. The molecule has 8 atom stereocenters. The van der Waals surface area contributed by atoms with Crippen molar-refractivity contribution >= 4 is 11.9 Å². The Hall–Kier alpha value is -1.86. The lowest BCUT2D eigenvalue weighted by Gasteiger charge is -2.41. The second-order valence-electron chi connectivity index (χ2n) is 22.5. The van der Waals surface area contributed by atoms with Gasteiger partial charge in [0.1, 0.15) is 24.4 Å². The number of allylic oxidation sites excluding steroid dienone is 3. The van der Waals surface area contributed by atoms with Crippen molar-refractivity contribution in [2.24, 2.45) is 0 Å². The number of esters is 1. The van der Waals surface area contributed by atoms with E-state index in [9.17, 15) is 35.1 Å². The van der Waals surface area contributed by atoms with Gasteiger partial charge in [0.15, 0.2) is 12.4 Å². The molecular formula is C64H121NO10. The number of hydrogen-bond donors (Lipinski definition) is 6. The number of carbonyl (C=O) groups is 2. The second-order valence-corrected chi connectivity index (χ2v) is 22.5. The Morgan fingerprint density at radius 3 is 1.29 bits per heavy atom. The van der Waals surface area contributed by atoms with E-state index >= 15 is 0 Å². The van der Waals surface area contributed by atoms with E-state index in [1.807, 2.05) is 6.08 Å². The molecule has 0 aromatic carbocycles. The second kappa shape index (κ2) is 52.8. The third-order valence-corrected chi connectivity index (χ3v) is 15.4. The highest BCUT2D eigenvalue weighted by molar-refractivity contribution is 5.80. The van der Waals surface area contributed by atoms with Gasteiger partial charge < -0.3 is 45.1 Å². The zero-order chi connectivity index (χ0) is 54.7. The van der Waals surface area contributed by atoms with E-state index in [0.29, 0.717) is 19.3 Å². The summed E-state index contributed by atoms with van der Waals surface area (Å²) in [7, 11) is 0. The van der Waals surface area contributed by atoms with Crippen molar-refractivity contribution in [2.45, 2.75) is 359 Å². The highest BCUT2D eigenvalue weighted by atomic mass is 16.7. The van der Waals surface area contributed by atoms with E-state index in [0.717, 1.165) is 64.2 Å². The maximum atomic E-state index is 13.4. The zero-order valence-corrected chi connectivity index (χ0v) is 48.9. The topological polar surface area (TPSA) is 175 Å². The number of ether oxygens (including phenoxy) is 3. The molecule has 0 aliphatic carbocycles. The lowest BCUT2D eigenvalue weighted by atomic mass is 9.99. The van der Waals surface area contributed by atoms with Gasteiger partial charge >= 0.3 is 5.97 Å². The van der Waals surface area contributed by atoms with Gasteiger partial charge in [0.2, 0.25) is 5.91 Å². The van der Waals surface area contributed by atoms with Crippen LogP contribution in [0, 0.1) is 0 Å². The number of amides is 1. The molecule has 11 heteroatoms. The van der Waals surface area contributed by atoms with Gasteiger partial charge in [0.05, 0.1) is 25.4 Å². The molecule has 1 amide bonds. The molecule has 8 unspecified atom stereocenters. The lowest BCUT2D eigenvalue weighted by Crippen LogP contribution is -2.61. The van der Waals surface area contributed by atoms with Crippen LogP contribution in [0.2, 0.25) is 0 Å². The summed E-state index contributed by atoms with van der Waals surface area (Å²) in [6.45, 7) is 5.81. The molecule has 1 rings (SSSR count). The molecule has 11 nitrogen and oxygen atoms in total. The van der Waals surface area contributed by atoms with Gasteiger partial charge in [0, 0.05) is 6.42 Å². The van der Waals surface area contributed by atoms with Crippen LogP contribution in [0.25, 0.3) is 0 Å². The summed E-state index contributed by atoms with van der Waals surface area (Å²) in [6, 6.07) is -1.02.